The first-order valence-electron chi connectivity index (χ1n) is 14.8. The number of likely N-dealkylation sites (tertiary alicyclic amines) is 1. The van der Waals surface area contributed by atoms with Crippen LogP contribution in [0.15, 0.2) is 60.8 Å². The first-order chi connectivity index (χ1) is 21.5. The van der Waals surface area contributed by atoms with Gasteiger partial charge in [-0.25, -0.2) is 18.6 Å². The number of pyridine rings is 1. The highest BCUT2D eigenvalue weighted by molar-refractivity contribution is 7.80. The van der Waals surface area contributed by atoms with Crippen molar-refractivity contribution in [3.63, 3.8) is 0 Å². The van der Waals surface area contributed by atoms with Gasteiger partial charge >= 0.3 is 6.03 Å². The number of nitrogens with one attached hydrogen (secondary N) is 3. The summed E-state index contributed by atoms with van der Waals surface area (Å²) in [6.07, 6.45) is 4.40. The number of hydrogen-bond donors (Lipinski definition) is 3. The standard InChI is InChI=1S/C32H39F2N7O3S/c1-39(2)15-4-16-41-17-12-25(13-18-41)40(3)32(43)37-29-21-26(11-14-35-29)44-28-10-9-24(20-27(28)34)36-31(45)38-30(42)19-22-5-7-23(33)8-6-22/h5-11,14,20-21,25H,4,12-13,15-19H2,1-3H3,(H,35,37,43)(H2,36,38,42,45). The fourth-order valence-electron chi connectivity index (χ4n) is 4.96. The topological polar surface area (TPSA) is 102 Å². The Morgan fingerprint density at radius 3 is 2.44 bits per heavy atom. The molecule has 0 atom stereocenters. The van der Waals surface area contributed by atoms with Crippen molar-refractivity contribution >= 4 is 40.8 Å². The summed E-state index contributed by atoms with van der Waals surface area (Å²) in [7, 11) is 5.94. The van der Waals surface area contributed by atoms with Gasteiger partial charge in [-0.3, -0.25) is 10.1 Å². The molecule has 0 bridgehead atoms. The van der Waals surface area contributed by atoms with E-state index in [1.54, 1.807) is 24.1 Å². The lowest BCUT2D eigenvalue weighted by Gasteiger charge is -2.36. The summed E-state index contributed by atoms with van der Waals surface area (Å²) in [5.41, 5.74) is 0.925. The van der Waals surface area contributed by atoms with Gasteiger partial charge in [-0.1, -0.05) is 12.1 Å². The van der Waals surface area contributed by atoms with Gasteiger partial charge in [-0.15, -0.1) is 0 Å². The second kappa shape index (κ2) is 16.2. The van der Waals surface area contributed by atoms with Crippen LogP contribution in [-0.4, -0.2) is 90.1 Å². The zero-order valence-corrected chi connectivity index (χ0v) is 26.5. The van der Waals surface area contributed by atoms with E-state index in [0.29, 0.717) is 11.3 Å². The van der Waals surface area contributed by atoms with Crippen molar-refractivity contribution in [2.45, 2.75) is 31.7 Å². The van der Waals surface area contributed by atoms with E-state index >= 15 is 0 Å². The number of hydrogen-bond acceptors (Lipinski definition) is 7. The maximum absolute atomic E-state index is 14.9. The number of benzene rings is 2. The lowest BCUT2D eigenvalue weighted by atomic mass is 10.0. The van der Waals surface area contributed by atoms with Crippen LogP contribution >= 0.6 is 12.2 Å². The Morgan fingerprint density at radius 1 is 1.02 bits per heavy atom. The van der Waals surface area contributed by atoms with Crippen LogP contribution < -0.4 is 20.7 Å². The van der Waals surface area contributed by atoms with Crippen LogP contribution in [0.1, 0.15) is 24.8 Å². The maximum atomic E-state index is 14.9. The highest BCUT2D eigenvalue weighted by atomic mass is 32.1. The number of carbonyl (C=O) groups is 2. The molecule has 3 amide bonds. The van der Waals surface area contributed by atoms with Gasteiger partial charge in [-0.2, -0.15) is 0 Å². The summed E-state index contributed by atoms with van der Waals surface area (Å²) in [5.74, 6) is -0.940. The summed E-state index contributed by atoms with van der Waals surface area (Å²) >= 11 is 5.16. The van der Waals surface area contributed by atoms with Crippen LogP contribution in [0.2, 0.25) is 0 Å². The number of halogens is 2. The third-order valence-electron chi connectivity index (χ3n) is 7.42. The van der Waals surface area contributed by atoms with Crippen LogP contribution in [0.5, 0.6) is 11.5 Å². The molecule has 10 nitrogen and oxygen atoms in total. The van der Waals surface area contributed by atoms with E-state index in [9.17, 15) is 18.4 Å². The van der Waals surface area contributed by atoms with Crippen LogP contribution in [-0.2, 0) is 11.2 Å². The van der Waals surface area contributed by atoms with Crippen LogP contribution in [0.4, 0.5) is 25.1 Å². The minimum absolute atomic E-state index is 0.00470. The van der Waals surface area contributed by atoms with Crippen molar-refractivity contribution in [2.24, 2.45) is 0 Å². The summed E-state index contributed by atoms with van der Waals surface area (Å²) < 4.78 is 33.7. The molecule has 0 radical (unpaired) electrons. The molecule has 1 saturated heterocycles. The Kier molecular flexibility index (Phi) is 12.1. The molecule has 1 aromatic heterocycles. The molecule has 0 unspecified atom stereocenters. The predicted octanol–water partition coefficient (Wildman–Crippen LogP) is 5.09. The third-order valence-corrected chi connectivity index (χ3v) is 7.62. The molecule has 1 aliphatic rings. The van der Waals surface area contributed by atoms with Crippen molar-refractivity contribution < 1.29 is 23.1 Å². The Labute approximate surface area is 267 Å². The summed E-state index contributed by atoms with van der Waals surface area (Å²) in [4.78, 5) is 35.7. The van der Waals surface area contributed by atoms with Gasteiger partial charge in [-0.05, 0) is 94.6 Å². The number of rotatable bonds is 11. The molecule has 240 valence electrons. The number of thiocarbonyl (C=S) groups is 1. The SMILES string of the molecule is CN(C)CCCN1CCC(N(C)C(=O)Nc2cc(Oc3ccc(NC(=S)NC(=O)Cc4ccc(F)cc4)cc3F)ccn2)CC1. The van der Waals surface area contributed by atoms with Crippen LogP contribution in [0.25, 0.3) is 0 Å². The number of ether oxygens (including phenoxy) is 1. The van der Waals surface area contributed by atoms with Crippen molar-refractivity contribution in [1.29, 1.82) is 0 Å². The lowest BCUT2D eigenvalue weighted by molar-refractivity contribution is -0.119. The first-order valence-corrected chi connectivity index (χ1v) is 15.2. The molecule has 1 aliphatic heterocycles. The Hall–Kier alpha value is -4.20. The van der Waals surface area contributed by atoms with Gasteiger partial charge in [0.1, 0.15) is 17.4 Å². The van der Waals surface area contributed by atoms with E-state index in [-0.39, 0.29) is 40.9 Å². The number of carbonyl (C=O) groups excluding carboxylic acids is 2. The van der Waals surface area contributed by atoms with Gasteiger partial charge in [0.2, 0.25) is 5.91 Å². The second-order valence-electron chi connectivity index (χ2n) is 11.2. The van der Waals surface area contributed by atoms with E-state index in [1.807, 2.05) is 0 Å². The van der Waals surface area contributed by atoms with Crippen LogP contribution in [0, 0.1) is 11.6 Å². The van der Waals surface area contributed by atoms with Gasteiger partial charge < -0.3 is 30.1 Å². The number of piperidine rings is 1. The zero-order chi connectivity index (χ0) is 32.3. The van der Waals surface area contributed by atoms with Crippen molar-refractivity contribution in [3.8, 4) is 11.5 Å². The van der Waals surface area contributed by atoms with Gasteiger partial charge in [0.15, 0.2) is 16.7 Å². The Morgan fingerprint density at radius 2 is 1.76 bits per heavy atom. The monoisotopic (exact) mass is 639 g/mol. The first kappa shape index (κ1) is 33.7. The number of amides is 3. The molecule has 4 rings (SSSR count). The molecule has 1 fully saturated rings. The molecular weight excluding hydrogens is 600 g/mol. The average Bonchev–Trinajstić information content (AvgIpc) is 2.99. The number of urea groups is 1. The average molecular weight is 640 g/mol. The number of aromatic nitrogens is 1. The largest absolute Gasteiger partial charge is 0.454 e. The van der Waals surface area contributed by atoms with E-state index < -0.39 is 17.5 Å². The minimum Gasteiger partial charge on any atom is -0.454 e. The predicted molar refractivity (Wildman–Crippen MR) is 175 cm³/mol. The Balaban J connectivity index is 1.25. The lowest BCUT2D eigenvalue weighted by Crippen LogP contribution is -2.47. The fourth-order valence-corrected chi connectivity index (χ4v) is 5.19. The molecule has 0 saturated carbocycles. The molecule has 0 aliphatic carbocycles. The highest BCUT2D eigenvalue weighted by Crippen LogP contribution is 2.28. The molecule has 45 heavy (non-hydrogen) atoms. The van der Waals surface area contributed by atoms with Gasteiger partial charge in [0, 0.05) is 50.2 Å². The summed E-state index contributed by atoms with van der Waals surface area (Å²) in [6.45, 7) is 4.03. The van der Waals surface area contributed by atoms with E-state index in [2.05, 4.69) is 44.8 Å². The zero-order valence-electron chi connectivity index (χ0n) is 25.7. The highest BCUT2D eigenvalue weighted by Gasteiger charge is 2.25. The third kappa shape index (κ3) is 10.7. The number of nitrogens with zero attached hydrogens (tertiary/aromatic N) is 4. The van der Waals surface area contributed by atoms with Crippen LogP contribution in [0.3, 0.4) is 0 Å². The smallest absolute Gasteiger partial charge is 0.323 e. The molecule has 3 aromatic rings. The van der Waals surface area contributed by atoms with Gasteiger partial charge in [0.05, 0.1) is 6.42 Å². The van der Waals surface area contributed by atoms with Crippen molar-refractivity contribution in [3.05, 3.63) is 78.0 Å². The molecular formula is C32H39F2N7O3S. The normalized spacial score (nSPS) is 13.7. The number of anilines is 2. The van der Waals surface area contributed by atoms with Crippen molar-refractivity contribution in [2.75, 3.05) is 58.0 Å². The summed E-state index contributed by atoms with van der Waals surface area (Å²) in [6, 6.07) is 12.6. The molecule has 13 heteroatoms. The molecule has 2 heterocycles. The molecule has 2 aromatic carbocycles. The summed E-state index contributed by atoms with van der Waals surface area (Å²) in [5, 5.41) is 8.07. The minimum atomic E-state index is -0.671. The maximum Gasteiger partial charge on any atom is 0.323 e. The Bertz CT molecular complexity index is 1470. The van der Waals surface area contributed by atoms with E-state index in [1.165, 1.54) is 48.7 Å². The quantitative estimate of drug-likeness (QED) is 0.250. The van der Waals surface area contributed by atoms with E-state index in [0.717, 1.165) is 45.4 Å². The molecule has 3 N–H and O–H groups in total. The van der Waals surface area contributed by atoms with E-state index in [4.69, 9.17) is 17.0 Å². The second-order valence-corrected chi connectivity index (χ2v) is 11.6. The fraction of sp³-hybridized carbons (Fsp3) is 0.375. The van der Waals surface area contributed by atoms with Crippen molar-refractivity contribution in [1.82, 2.24) is 25.0 Å². The van der Waals surface area contributed by atoms with Gasteiger partial charge in [0.25, 0.3) is 0 Å². The molecule has 0 spiro atoms.